The van der Waals surface area contributed by atoms with Gasteiger partial charge in [-0.15, -0.1) is 0 Å². The highest BCUT2D eigenvalue weighted by atomic mass is 31.2. The lowest BCUT2D eigenvalue weighted by Crippen LogP contribution is -2.28. The molecule has 0 fully saturated rings. The number of ether oxygens (including phenoxy) is 2. The second-order valence-electron chi connectivity index (χ2n) is 16.3. The highest BCUT2D eigenvalue weighted by Gasteiger charge is 2.25. The second kappa shape index (κ2) is 54.1. The maximum absolute atomic E-state index is 12.6. The number of phosphoric ester groups is 1. The minimum atomic E-state index is -4.32. The molecule has 0 heterocycles. The van der Waals surface area contributed by atoms with Crippen molar-refractivity contribution in [1.29, 1.82) is 0 Å². The molecule has 68 heavy (non-hydrogen) atoms. The van der Waals surface area contributed by atoms with E-state index in [0.29, 0.717) is 13.0 Å². The van der Waals surface area contributed by atoms with Crippen LogP contribution in [0.2, 0.25) is 0 Å². The van der Waals surface area contributed by atoms with Crippen LogP contribution in [-0.2, 0) is 27.9 Å². The first-order chi connectivity index (χ1) is 33.4. The van der Waals surface area contributed by atoms with Crippen LogP contribution in [-0.4, -0.2) is 49.9 Å². The fraction of sp³-hybridized carbons (Fsp3) is 0.542. The van der Waals surface area contributed by atoms with Gasteiger partial charge in [-0.3, -0.25) is 13.8 Å². The SMILES string of the molecule is CC/C=C\C/C=C\C/C=C\C/C=C\C/C=C\C/C=C\C/C=C\CCCC(=O)OC(COCCCCCCCCC/C=C\C/C=C\C/C=C\C/C=C\C/C=C\C/C=C\CC)COP(=O)(O)OCCN. The van der Waals surface area contributed by atoms with Gasteiger partial charge in [0.1, 0.15) is 6.10 Å². The number of phosphoric acid groups is 1. The molecule has 0 amide bonds. The molecule has 0 aliphatic heterocycles. The van der Waals surface area contributed by atoms with Crippen LogP contribution in [0.5, 0.6) is 0 Å². The summed E-state index contributed by atoms with van der Waals surface area (Å²) in [6, 6.07) is 0. The van der Waals surface area contributed by atoms with E-state index in [1.54, 1.807) is 0 Å². The number of allylic oxidation sites excluding steroid dienone is 26. The van der Waals surface area contributed by atoms with Crippen LogP contribution < -0.4 is 5.73 Å². The van der Waals surface area contributed by atoms with Crippen LogP contribution in [0.4, 0.5) is 0 Å². The smallest absolute Gasteiger partial charge is 0.457 e. The average Bonchev–Trinajstić information content (AvgIpc) is 3.33. The van der Waals surface area contributed by atoms with Gasteiger partial charge in [0.25, 0.3) is 0 Å². The largest absolute Gasteiger partial charge is 0.472 e. The number of hydrogen-bond donors (Lipinski definition) is 2. The molecule has 0 radical (unpaired) electrons. The van der Waals surface area contributed by atoms with E-state index in [-0.39, 0.29) is 32.8 Å². The molecule has 0 aliphatic rings. The van der Waals surface area contributed by atoms with Crippen molar-refractivity contribution in [2.24, 2.45) is 5.73 Å². The fourth-order valence-electron chi connectivity index (χ4n) is 6.22. The highest BCUT2D eigenvalue weighted by molar-refractivity contribution is 7.47. The number of carbonyl (C=O) groups is 1. The van der Waals surface area contributed by atoms with Crippen LogP contribution in [0.1, 0.15) is 168 Å². The summed E-state index contributed by atoms with van der Waals surface area (Å²) in [5.74, 6) is -0.399. The predicted octanol–water partition coefficient (Wildman–Crippen LogP) is 16.6. The minimum absolute atomic E-state index is 0.0725. The Morgan fingerprint density at radius 3 is 1.16 bits per heavy atom. The Balaban J connectivity index is 4.14. The van der Waals surface area contributed by atoms with Gasteiger partial charge in [-0.05, 0) is 116 Å². The van der Waals surface area contributed by atoms with Gasteiger partial charge in [0.2, 0.25) is 0 Å². The zero-order chi connectivity index (χ0) is 49.4. The Bertz CT molecular complexity index is 1590. The number of rotatable bonds is 47. The quantitative estimate of drug-likeness (QED) is 0.0268. The molecular weight excluding hydrogens is 866 g/mol. The molecule has 0 spiro atoms. The van der Waals surface area contributed by atoms with E-state index in [4.69, 9.17) is 24.3 Å². The molecule has 8 nitrogen and oxygen atoms in total. The van der Waals surface area contributed by atoms with E-state index >= 15 is 0 Å². The van der Waals surface area contributed by atoms with Crippen molar-refractivity contribution in [1.82, 2.24) is 0 Å². The third-order valence-electron chi connectivity index (χ3n) is 9.94. The van der Waals surface area contributed by atoms with Crippen molar-refractivity contribution in [2.45, 2.75) is 174 Å². The van der Waals surface area contributed by atoms with Crippen molar-refractivity contribution < 1.29 is 32.8 Å². The normalized spacial score (nSPS) is 14.6. The van der Waals surface area contributed by atoms with Gasteiger partial charge in [-0.2, -0.15) is 0 Å². The highest BCUT2D eigenvalue weighted by Crippen LogP contribution is 2.43. The summed E-state index contributed by atoms with van der Waals surface area (Å²) in [6.07, 6.45) is 80.0. The van der Waals surface area contributed by atoms with Crippen molar-refractivity contribution in [3.05, 3.63) is 158 Å². The summed E-state index contributed by atoms with van der Waals surface area (Å²) >= 11 is 0. The number of unbranched alkanes of at least 4 members (excludes halogenated alkanes) is 8. The molecule has 9 heteroatoms. The van der Waals surface area contributed by atoms with Gasteiger partial charge in [0.05, 0.1) is 19.8 Å². The van der Waals surface area contributed by atoms with Crippen LogP contribution in [0, 0.1) is 0 Å². The van der Waals surface area contributed by atoms with Gasteiger partial charge in [0, 0.05) is 19.6 Å². The summed E-state index contributed by atoms with van der Waals surface area (Å²) in [5, 5.41) is 0. The first kappa shape index (κ1) is 64.1. The Hall–Kier alpha value is -3.88. The summed E-state index contributed by atoms with van der Waals surface area (Å²) in [6.45, 7) is 4.54. The van der Waals surface area contributed by atoms with E-state index in [2.05, 4.69) is 172 Å². The molecule has 382 valence electrons. The molecule has 0 rings (SSSR count). The summed E-state index contributed by atoms with van der Waals surface area (Å²) in [7, 11) is -4.32. The van der Waals surface area contributed by atoms with Crippen molar-refractivity contribution in [2.75, 3.05) is 33.0 Å². The summed E-state index contributed by atoms with van der Waals surface area (Å²) < 4.78 is 33.5. The first-order valence-corrected chi connectivity index (χ1v) is 27.5. The third-order valence-corrected chi connectivity index (χ3v) is 10.9. The van der Waals surface area contributed by atoms with Crippen LogP contribution in [0.15, 0.2) is 158 Å². The number of hydrogen-bond acceptors (Lipinski definition) is 7. The zero-order valence-corrected chi connectivity index (χ0v) is 43.4. The molecule has 2 unspecified atom stereocenters. The topological polar surface area (TPSA) is 117 Å². The molecule has 0 aromatic rings. The molecule has 0 bridgehead atoms. The lowest BCUT2D eigenvalue weighted by atomic mass is 10.1. The average molecular weight is 960 g/mol. The van der Waals surface area contributed by atoms with Gasteiger partial charge >= 0.3 is 13.8 Å². The van der Waals surface area contributed by atoms with E-state index in [0.717, 1.165) is 116 Å². The summed E-state index contributed by atoms with van der Waals surface area (Å²) in [4.78, 5) is 22.6. The van der Waals surface area contributed by atoms with Gasteiger partial charge < -0.3 is 20.1 Å². The van der Waals surface area contributed by atoms with E-state index in [9.17, 15) is 14.3 Å². The van der Waals surface area contributed by atoms with E-state index in [1.807, 2.05) is 0 Å². The lowest BCUT2D eigenvalue weighted by molar-refractivity contribution is -0.154. The van der Waals surface area contributed by atoms with Crippen LogP contribution in [0.3, 0.4) is 0 Å². The minimum Gasteiger partial charge on any atom is -0.457 e. The number of nitrogens with two attached hydrogens (primary N) is 1. The van der Waals surface area contributed by atoms with E-state index < -0.39 is 19.9 Å². The summed E-state index contributed by atoms with van der Waals surface area (Å²) in [5.41, 5.74) is 5.39. The Morgan fingerprint density at radius 1 is 0.441 bits per heavy atom. The van der Waals surface area contributed by atoms with Gasteiger partial charge in [0.15, 0.2) is 0 Å². The molecule has 3 N–H and O–H groups in total. The third kappa shape index (κ3) is 53.1. The number of esters is 1. The molecule has 0 aromatic heterocycles. The Kier molecular flexibility index (Phi) is 51.0. The molecular formula is C59H94NO7P. The van der Waals surface area contributed by atoms with Crippen molar-refractivity contribution in [3.8, 4) is 0 Å². The molecule has 0 aromatic carbocycles. The Labute approximate surface area is 415 Å². The zero-order valence-electron chi connectivity index (χ0n) is 42.5. The van der Waals surface area contributed by atoms with Gasteiger partial charge in [-0.1, -0.05) is 204 Å². The first-order valence-electron chi connectivity index (χ1n) is 26.0. The van der Waals surface area contributed by atoms with Crippen LogP contribution in [0.25, 0.3) is 0 Å². The molecule has 2 atom stereocenters. The number of carbonyl (C=O) groups excluding carboxylic acids is 1. The van der Waals surface area contributed by atoms with Crippen molar-refractivity contribution in [3.63, 3.8) is 0 Å². The van der Waals surface area contributed by atoms with Gasteiger partial charge in [-0.25, -0.2) is 4.57 Å². The molecule has 0 aliphatic carbocycles. The monoisotopic (exact) mass is 960 g/mol. The fourth-order valence-corrected chi connectivity index (χ4v) is 6.99. The molecule has 0 saturated carbocycles. The van der Waals surface area contributed by atoms with Crippen molar-refractivity contribution >= 4 is 13.8 Å². The molecule has 0 saturated heterocycles. The standard InChI is InChI=1S/C59H94NO7P/c1-3-5-7-9-11-13-15-17-19-21-23-25-27-28-29-31-33-35-37-39-41-43-45-47-49-51-54-64-56-58(57-66-68(62,63)65-55-53-60)67-59(61)52-50-48-46-44-42-40-38-36-34-32-30-26-24-22-20-18-16-14-12-10-8-6-4-2/h5-8,11-14,17-20,23-26,28-29,32-35,38,40,44,46,58H,3-4,9-10,15-16,21-22,27,30-31,36-37,39,41-43,45,47-57,60H2,1-2H3,(H,62,63)/b7-5-,8-6-,13-11-,14-12-,19-17-,20-18-,25-23-,26-24-,29-28-,34-32-,35-33-,40-38-,46-44-. The maximum Gasteiger partial charge on any atom is 0.472 e. The Morgan fingerprint density at radius 2 is 0.779 bits per heavy atom. The maximum atomic E-state index is 12.6. The second-order valence-corrected chi connectivity index (χ2v) is 17.7. The van der Waals surface area contributed by atoms with E-state index in [1.165, 1.54) is 25.7 Å². The van der Waals surface area contributed by atoms with Crippen LogP contribution >= 0.6 is 7.82 Å². The predicted molar refractivity (Wildman–Crippen MR) is 292 cm³/mol. The lowest BCUT2D eigenvalue weighted by Gasteiger charge is -2.20.